The number of rotatable bonds is 6. The standard InChI is InChI=1S/C14H24N2O.C9H10N2O2/c17-14(12-6-7-12)16-10-8-15(9-11-16)13-4-2-1-3-5-13;10-9(13)8(11-6-12)7-4-2-1-3-5-7/h12-13H,1-11H2;1-6,8H,(H2,10,13)(H,11,12). The van der Waals surface area contributed by atoms with Crippen LogP contribution in [0.3, 0.4) is 0 Å². The zero-order valence-corrected chi connectivity index (χ0v) is 17.7. The summed E-state index contributed by atoms with van der Waals surface area (Å²) in [6.07, 6.45) is 9.76. The summed E-state index contributed by atoms with van der Waals surface area (Å²) in [5, 5.41) is 2.34. The highest BCUT2D eigenvalue weighted by Gasteiger charge is 2.35. The van der Waals surface area contributed by atoms with E-state index in [9.17, 15) is 14.4 Å². The van der Waals surface area contributed by atoms with Gasteiger partial charge in [-0.1, -0.05) is 49.6 Å². The van der Waals surface area contributed by atoms with Crippen LogP contribution in [0.15, 0.2) is 30.3 Å². The molecule has 7 heteroatoms. The van der Waals surface area contributed by atoms with Crippen molar-refractivity contribution in [1.82, 2.24) is 15.1 Å². The topological polar surface area (TPSA) is 95.7 Å². The lowest BCUT2D eigenvalue weighted by Crippen LogP contribution is -2.52. The Morgan fingerprint density at radius 1 is 0.967 bits per heavy atom. The molecule has 3 aliphatic rings. The van der Waals surface area contributed by atoms with Crippen LogP contribution in [0, 0.1) is 5.92 Å². The van der Waals surface area contributed by atoms with Crippen molar-refractivity contribution in [2.24, 2.45) is 11.7 Å². The number of nitrogens with zero attached hydrogens (tertiary/aromatic N) is 2. The summed E-state index contributed by atoms with van der Waals surface area (Å²) in [6.45, 7) is 4.18. The lowest BCUT2D eigenvalue weighted by Gasteiger charge is -2.40. The van der Waals surface area contributed by atoms with Crippen molar-refractivity contribution in [3.05, 3.63) is 35.9 Å². The third-order valence-electron chi connectivity index (χ3n) is 6.30. The number of carbonyl (C=O) groups is 3. The van der Waals surface area contributed by atoms with E-state index in [1.165, 1.54) is 32.1 Å². The molecule has 2 aliphatic carbocycles. The zero-order valence-electron chi connectivity index (χ0n) is 17.7. The summed E-state index contributed by atoms with van der Waals surface area (Å²) in [5.74, 6) is 0.267. The van der Waals surface area contributed by atoms with Crippen LogP contribution < -0.4 is 11.1 Å². The van der Waals surface area contributed by atoms with Gasteiger partial charge in [0.2, 0.25) is 18.2 Å². The van der Waals surface area contributed by atoms with E-state index >= 15 is 0 Å². The van der Waals surface area contributed by atoms with E-state index in [4.69, 9.17) is 5.73 Å². The van der Waals surface area contributed by atoms with Crippen molar-refractivity contribution < 1.29 is 14.4 Å². The monoisotopic (exact) mass is 414 g/mol. The van der Waals surface area contributed by atoms with Crippen LogP contribution in [0.25, 0.3) is 0 Å². The number of carbonyl (C=O) groups excluding carboxylic acids is 3. The Morgan fingerprint density at radius 2 is 1.60 bits per heavy atom. The summed E-state index contributed by atoms with van der Waals surface area (Å²) < 4.78 is 0. The van der Waals surface area contributed by atoms with Gasteiger partial charge in [0.05, 0.1) is 0 Å². The highest BCUT2D eigenvalue weighted by atomic mass is 16.2. The highest BCUT2D eigenvalue weighted by Crippen LogP contribution is 2.31. The molecule has 0 radical (unpaired) electrons. The van der Waals surface area contributed by atoms with Crippen molar-refractivity contribution in [1.29, 1.82) is 0 Å². The fraction of sp³-hybridized carbons (Fsp3) is 0.609. The van der Waals surface area contributed by atoms with Gasteiger partial charge in [-0.3, -0.25) is 19.3 Å². The van der Waals surface area contributed by atoms with E-state index in [2.05, 4.69) is 15.1 Å². The molecule has 1 atom stereocenters. The van der Waals surface area contributed by atoms with E-state index in [0.717, 1.165) is 45.1 Å². The minimum absolute atomic E-state index is 0.399. The molecule has 1 aromatic rings. The van der Waals surface area contributed by atoms with Crippen LogP contribution >= 0.6 is 0 Å². The normalized spacial score (nSPS) is 21.1. The minimum Gasteiger partial charge on any atom is -0.368 e. The third kappa shape index (κ3) is 6.29. The number of benzene rings is 1. The molecule has 30 heavy (non-hydrogen) atoms. The quantitative estimate of drug-likeness (QED) is 0.694. The van der Waals surface area contributed by atoms with Crippen LogP contribution in [-0.2, 0) is 14.4 Å². The average molecular weight is 415 g/mol. The maximum Gasteiger partial charge on any atom is 0.244 e. The van der Waals surface area contributed by atoms with Gasteiger partial charge < -0.3 is 16.0 Å². The number of hydrogen-bond donors (Lipinski definition) is 2. The van der Waals surface area contributed by atoms with Gasteiger partial charge in [0.1, 0.15) is 6.04 Å². The van der Waals surface area contributed by atoms with Crippen molar-refractivity contribution in [3.63, 3.8) is 0 Å². The van der Waals surface area contributed by atoms with Gasteiger partial charge in [0.25, 0.3) is 0 Å². The van der Waals surface area contributed by atoms with Gasteiger partial charge in [0.15, 0.2) is 0 Å². The lowest BCUT2D eigenvalue weighted by atomic mass is 9.94. The Balaban J connectivity index is 0.000000178. The van der Waals surface area contributed by atoms with Crippen LogP contribution in [0.5, 0.6) is 0 Å². The second-order valence-electron chi connectivity index (χ2n) is 8.46. The fourth-order valence-corrected chi connectivity index (χ4v) is 4.40. The summed E-state index contributed by atoms with van der Waals surface area (Å²) in [7, 11) is 0. The van der Waals surface area contributed by atoms with E-state index < -0.39 is 11.9 Å². The largest absolute Gasteiger partial charge is 0.368 e. The van der Waals surface area contributed by atoms with Gasteiger partial charge in [0, 0.05) is 38.1 Å². The maximum absolute atomic E-state index is 12.0. The Labute approximate surface area is 179 Å². The summed E-state index contributed by atoms with van der Waals surface area (Å²) in [4.78, 5) is 37.8. The van der Waals surface area contributed by atoms with Crippen molar-refractivity contribution in [2.75, 3.05) is 26.2 Å². The molecule has 3 amide bonds. The summed E-state index contributed by atoms with van der Waals surface area (Å²) in [6, 6.07) is 8.91. The first-order chi connectivity index (χ1) is 14.6. The van der Waals surface area contributed by atoms with Crippen molar-refractivity contribution in [2.45, 2.75) is 57.0 Å². The molecule has 0 spiro atoms. The molecule has 1 unspecified atom stereocenters. The SMILES string of the molecule is NC(=O)C(NC=O)c1ccccc1.O=C(C1CC1)N1CCN(C2CCCCC2)CC1. The molecule has 4 rings (SSSR count). The number of nitrogens with two attached hydrogens (primary N) is 1. The number of primary amides is 1. The molecule has 164 valence electrons. The van der Waals surface area contributed by atoms with Crippen LogP contribution in [-0.4, -0.2) is 60.2 Å². The Morgan fingerprint density at radius 3 is 2.13 bits per heavy atom. The first kappa shape index (κ1) is 22.3. The Kier molecular flexibility index (Phi) is 8.25. The summed E-state index contributed by atoms with van der Waals surface area (Å²) >= 11 is 0. The minimum atomic E-state index is -0.737. The van der Waals surface area contributed by atoms with Gasteiger partial charge >= 0.3 is 0 Å². The number of nitrogens with one attached hydrogen (secondary N) is 1. The average Bonchev–Trinajstić information content (AvgIpc) is 3.64. The molecule has 0 bridgehead atoms. The smallest absolute Gasteiger partial charge is 0.244 e. The first-order valence-corrected chi connectivity index (χ1v) is 11.2. The molecule has 1 saturated heterocycles. The molecule has 1 heterocycles. The van der Waals surface area contributed by atoms with Crippen LogP contribution in [0.1, 0.15) is 56.6 Å². The predicted molar refractivity (Wildman–Crippen MR) is 115 cm³/mol. The van der Waals surface area contributed by atoms with Gasteiger partial charge in [-0.15, -0.1) is 0 Å². The molecule has 3 N–H and O–H groups in total. The molecular weight excluding hydrogens is 380 g/mol. The number of piperazine rings is 1. The predicted octanol–water partition coefficient (Wildman–Crippen LogP) is 1.83. The number of amides is 3. The lowest BCUT2D eigenvalue weighted by molar-refractivity contribution is -0.134. The van der Waals surface area contributed by atoms with Crippen molar-refractivity contribution in [3.8, 4) is 0 Å². The molecule has 7 nitrogen and oxygen atoms in total. The highest BCUT2D eigenvalue weighted by molar-refractivity contribution is 5.83. The zero-order chi connectivity index (χ0) is 21.3. The molecule has 2 saturated carbocycles. The van der Waals surface area contributed by atoms with Crippen LogP contribution in [0.2, 0.25) is 0 Å². The maximum atomic E-state index is 12.0. The Bertz CT molecular complexity index is 694. The molecular formula is C23H34N4O3. The van der Waals surface area contributed by atoms with Gasteiger partial charge in [-0.25, -0.2) is 0 Å². The number of hydrogen-bond acceptors (Lipinski definition) is 4. The van der Waals surface area contributed by atoms with Crippen LogP contribution in [0.4, 0.5) is 0 Å². The van der Waals surface area contributed by atoms with E-state index in [0.29, 0.717) is 23.8 Å². The van der Waals surface area contributed by atoms with Gasteiger partial charge in [-0.2, -0.15) is 0 Å². The fourth-order valence-electron chi connectivity index (χ4n) is 4.40. The first-order valence-electron chi connectivity index (χ1n) is 11.2. The van der Waals surface area contributed by atoms with E-state index in [1.54, 1.807) is 24.3 Å². The Hall–Kier alpha value is -2.41. The van der Waals surface area contributed by atoms with Gasteiger partial charge in [-0.05, 0) is 31.2 Å². The molecule has 3 fully saturated rings. The second-order valence-corrected chi connectivity index (χ2v) is 8.46. The summed E-state index contributed by atoms with van der Waals surface area (Å²) in [5.41, 5.74) is 5.78. The van der Waals surface area contributed by atoms with E-state index in [-0.39, 0.29) is 0 Å². The second kappa shape index (κ2) is 11.1. The molecule has 1 aliphatic heterocycles. The van der Waals surface area contributed by atoms with E-state index in [1.807, 2.05) is 6.07 Å². The third-order valence-corrected chi connectivity index (χ3v) is 6.30. The molecule has 1 aromatic carbocycles. The molecule has 0 aromatic heterocycles. The van der Waals surface area contributed by atoms with Crippen molar-refractivity contribution >= 4 is 18.2 Å².